The summed E-state index contributed by atoms with van der Waals surface area (Å²) in [5.74, 6) is -0.244. The Morgan fingerprint density at radius 3 is 2.47 bits per heavy atom. The summed E-state index contributed by atoms with van der Waals surface area (Å²) in [4.78, 5) is 23.9. The smallest absolute Gasteiger partial charge is 0.317 e. The Morgan fingerprint density at radius 1 is 1.40 bits per heavy atom. The number of carbonyl (C=O) groups is 2. The standard InChI is InChI=1S/C10H18N2O3/c1-3-11-10(14)12-6-4-9(5-7-12)15-8(2)13/h9H,3-7H2,1-2H3,(H,11,14). The molecule has 1 rings (SSSR count). The fourth-order valence-electron chi connectivity index (χ4n) is 1.67. The van der Waals surface area contributed by atoms with E-state index in [1.807, 2.05) is 6.92 Å². The SMILES string of the molecule is CCNC(=O)N1CCC(OC(C)=O)CC1. The zero-order valence-corrected chi connectivity index (χ0v) is 9.28. The molecule has 1 fully saturated rings. The van der Waals surface area contributed by atoms with E-state index in [9.17, 15) is 9.59 Å². The fourth-order valence-corrected chi connectivity index (χ4v) is 1.67. The average molecular weight is 214 g/mol. The molecule has 1 saturated heterocycles. The Labute approximate surface area is 89.8 Å². The van der Waals surface area contributed by atoms with Gasteiger partial charge in [-0.15, -0.1) is 0 Å². The van der Waals surface area contributed by atoms with Gasteiger partial charge in [-0.2, -0.15) is 0 Å². The Hall–Kier alpha value is -1.26. The fraction of sp³-hybridized carbons (Fsp3) is 0.800. The van der Waals surface area contributed by atoms with E-state index >= 15 is 0 Å². The van der Waals surface area contributed by atoms with Crippen LogP contribution in [0.1, 0.15) is 26.7 Å². The van der Waals surface area contributed by atoms with E-state index in [4.69, 9.17) is 4.74 Å². The van der Waals surface area contributed by atoms with Crippen molar-refractivity contribution >= 4 is 12.0 Å². The molecule has 0 bridgehead atoms. The summed E-state index contributed by atoms with van der Waals surface area (Å²) in [6, 6.07) is -0.0289. The monoisotopic (exact) mass is 214 g/mol. The number of likely N-dealkylation sites (tertiary alicyclic amines) is 1. The van der Waals surface area contributed by atoms with Gasteiger partial charge >= 0.3 is 12.0 Å². The van der Waals surface area contributed by atoms with Crippen LogP contribution in [0.3, 0.4) is 0 Å². The number of hydrogen-bond acceptors (Lipinski definition) is 3. The number of nitrogens with zero attached hydrogens (tertiary/aromatic N) is 1. The number of piperidine rings is 1. The number of ether oxygens (including phenoxy) is 1. The van der Waals surface area contributed by atoms with Crippen LogP contribution in [-0.4, -0.2) is 42.6 Å². The number of amides is 2. The topological polar surface area (TPSA) is 58.6 Å². The molecule has 2 amide bonds. The molecule has 86 valence electrons. The molecule has 0 saturated carbocycles. The first kappa shape index (κ1) is 11.8. The molecule has 15 heavy (non-hydrogen) atoms. The summed E-state index contributed by atoms with van der Waals surface area (Å²) in [6.45, 7) is 5.26. The first-order chi connectivity index (χ1) is 7.13. The normalized spacial score (nSPS) is 17.3. The van der Waals surface area contributed by atoms with E-state index in [1.54, 1.807) is 4.90 Å². The van der Waals surface area contributed by atoms with Crippen LogP contribution >= 0.6 is 0 Å². The lowest BCUT2D eigenvalue weighted by molar-refractivity contribution is -0.148. The molecule has 5 nitrogen and oxygen atoms in total. The minimum Gasteiger partial charge on any atom is -0.462 e. The highest BCUT2D eigenvalue weighted by molar-refractivity contribution is 5.74. The molecule has 0 aliphatic carbocycles. The zero-order chi connectivity index (χ0) is 11.3. The number of nitrogens with one attached hydrogen (secondary N) is 1. The van der Waals surface area contributed by atoms with Gasteiger partial charge in [0.1, 0.15) is 6.10 Å². The van der Waals surface area contributed by atoms with Crippen molar-refractivity contribution in [2.45, 2.75) is 32.8 Å². The second-order valence-electron chi connectivity index (χ2n) is 3.63. The minimum absolute atomic E-state index is 0.0202. The predicted molar refractivity (Wildman–Crippen MR) is 55.4 cm³/mol. The van der Waals surface area contributed by atoms with Crippen LogP contribution in [0, 0.1) is 0 Å². The summed E-state index contributed by atoms with van der Waals surface area (Å²) < 4.78 is 5.08. The molecular weight excluding hydrogens is 196 g/mol. The number of esters is 1. The summed E-state index contributed by atoms with van der Waals surface area (Å²) in [5, 5.41) is 2.75. The number of urea groups is 1. The van der Waals surface area contributed by atoms with Gasteiger partial charge in [-0.3, -0.25) is 4.79 Å². The maximum absolute atomic E-state index is 11.4. The number of carbonyl (C=O) groups excluding carboxylic acids is 2. The van der Waals surface area contributed by atoms with E-state index in [1.165, 1.54) is 6.92 Å². The Morgan fingerprint density at radius 2 is 2.00 bits per heavy atom. The average Bonchev–Trinajstić information content (AvgIpc) is 2.18. The van der Waals surface area contributed by atoms with Crippen molar-refractivity contribution in [2.24, 2.45) is 0 Å². The van der Waals surface area contributed by atoms with Gasteiger partial charge in [-0.1, -0.05) is 0 Å². The lowest BCUT2D eigenvalue weighted by Gasteiger charge is -2.31. The van der Waals surface area contributed by atoms with Crippen molar-refractivity contribution in [1.82, 2.24) is 10.2 Å². The second-order valence-corrected chi connectivity index (χ2v) is 3.63. The van der Waals surface area contributed by atoms with E-state index < -0.39 is 0 Å². The van der Waals surface area contributed by atoms with Crippen molar-refractivity contribution in [3.05, 3.63) is 0 Å². The Balaban J connectivity index is 2.29. The molecule has 0 spiro atoms. The van der Waals surface area contributed by atoms with Gasteiger partial charge < -0.3 is 15.0 Å². The molecule has 1 N–H and O–H groups in total. The van der Waals surface area contributed by atoms with Crippen LogP contribution in [-0.2, 0) is 9.53 Å². The van der Waals surface area contributed by atoms with Crippen molar-refractivity contribution in [2.75, 3.05) is 19.6 Å². The lowest BCUT2D eigenvalue weighted by Crippen LogP contribution is -2.46. The molecule has 0 aromatic rings. The van der Waals surface area contributed by atoms with Gasteiger partial charge in [0.25, 0.3) is 0 Å². The van der Waals surface area contributed by atoms with Gasteiger partial charge in [-0.25, -0.2) is 4.79 Å². The van der Waals surface area contributed by atoms with E-state index in [-0.39, 0.29) is 18.1 Å². The maximum Gasteiger partial charge on any atom is 0.317 e. The van der Waals surface area contributed by atoms with E-state index in [0.29, 0.717) is 19.6 Å². The van der Waals surface area contributed by atoms with E-state index in [2.05, 4.69) is 5.32 Å². The van der Waals surface area contributed by atoms with Crippen molar-refractivity contribution < 1.29 is 14.3 Å². The summed E-state index contributed by atoms with van der Waals surface area (Å²) >= 11 is 0. The molecule has 0 unspecified atom stereocenters. The third-order valence-electron chi connectivity index (χ3n) is 2.39. The van der Waals surface area contributed by atoms with Gasteiger partial charge in [0.2, 0.25) is 0 Å². The quantitative estimate of drug-likeness (QED) is 0.690. The van der Waals surface area contributed by atoms with Crippen LogP contribution in [0.25, 0.3) is 0 Å². The minimum atomic E-state index is -0.244. The van der Waals surface area contributed by atoms with Crippen LogP contribution in [0.5, 0.6) is 0 Å². The van der Waals surface area contributed by atoms with Crippen LogP contribution in [0.15, 0.2) is 0 Å². The third-order valence-corrected chi connectivity index (χ3v) is 2.39. The van der Waals surface area contributed by atoms with Gasteiger partial charge in [-0.05, 0) is 6.92 Å². The molecule has 0 aromatic carbocycles. The third kappa shape index (κ3) is 3.77. The van der Waals surface area contributed by atoms with Gasteiger partial charge in [0.05, 0.1) is 0 Å². The zero-order valence-electron chi connectivity index (χ0n) is 9.28. The Kier molecular flexibility index (Phi) is 4.39. The first-order valence-corrected chi connectivity index (χ1v) is 5.33. The molecule has 0 aromatic heterocycles. The summed E-state index contributed by atoms with van der Waals surface area (Å²) in [5.41, 5.74) is 0. The van der Waals surface area contributed by atoms with Crippen molar-refractivity contribution in [1.29, 1.82) is 0 Å². The molecule has 1 aliphatic rings. The number of hydrogen-bond donors (Lipinski definition) is 1. The van der Waals surface area contributed by atoms with Gasteiger partial charge in [0.15, 0.2) is 0 Å². The summed E-state index contributed by atoms with van der Waals surface area (Å²) in [6.07, 6.45) is 1.45. The van der Waals surface area contributed by atoms with Crippen LogP contribution in [0.2, 0.25) is 0 Å². The molecule has 0 radical (unpaired) electrons. The van der Waals surface area contributed by atoms with Crippen LogP contribution in [0.4, 0.5) is 4.79 Å². The highest BCUT2D eigenvalue weighted by atomic mass is 16.5. The lowest BCUT2D eigenvalue weighted by atomic mass is 10.1. The number of rotatable bonds is 2. The highest BCUT2D eigenvalue weighted by Crippen LogP contribution is 2.13. The summed E-state index contributed by atoms with van der Waals surface area (Å²) in [7, 11) is 0. The largest absolute Gasteiger partial charge is 0.462 e. The second kappa shape index (κ2) is 5.58. The van der Waals surface area contributed by atoms with Crippen LogP contribution < -0.4 is 5.32 Å². The molecule has 1 heterocycles. The first-order valence-electron chi connectivity index (χ1n) is 5.33. The molecule has 0 atom stereocenters. The molecule has 1 aliphatic heterocycles. The Bertz CT molecular complexity index is 235. The van der Waals surface area contributed by atoms with Crippen molar-refractivity contribution in [3.8, 4) is 0 Å². The van der Waals surface area contributed by atoms with E-state index in [0.717, 1.165) is 12.8 Å². The molecule has 5 heteroatoms. The maximum atomic E-state index is 11.4. The predicted octanol–water partition coefficient (Wildman–Crippen LogP) is 0.743. The molecular formula is C10H18N2O3. The van der Waals surface area contributed by atoms with Crippen molar-refractivity contribution in [3.63, 3.8) is 0 Å². The van der Waals surface area contributed by atoms with Gasteiger partial charge in [0, 0.05) is 39.4 Å². The highest BCUT2D eigenvalue weighted by Gasteiger charge is 2.23.